The summed E-state index contributed by atoms with van der Waals surface area (Å²) in [6, 6.07) is 0. The molecule has 2 atom stereocenters. The van der Waals surface area contributed by atoms with Crippen LogP contribution in [0.5, 0.6) is 0 Å². The lowest BCUT2D eigenvalue weighted by Gasteiger charge is -2.18. The highest BCUT2D eigenvalue weighted by atomic mass is 15.2. The predicted molar refractivity (Wildman–Crippen MR) is 80.5 cm³/mol. The maximum absolute atomic E-state index is 4.92. The van der Waals surface area contributed by atoms with Crippen LogP contribution in [0.15, 0.2) is 16.6 Å². The van der Waals surface area contributed by atoms with Gasteiger partial charge in [-0.15, -0.1) is 0 Å². The third-order valence-corrected chi connectivity index (χ3v) is 5.42. The van der Waals surface area contributed by atoms with Gasteiger partial charge < -0.3 is 10.6 Å². The largest absolute Gasteiger partial charge is 0.373 e. The zero-order valence-electron chi connectivity index (χ0n) is 12.6. The number of hydrogen-bond acceptors (Lipinski definition) is 2. The summed E-state index contributed by atoms with van der Waals surface area (Å²) in [5.41, 5.74) is 2.31. The Labute approximate surface area is 117 Å². The average Bonchev–Trinajstić information content (AvgIpc) is 3.29. The van der Waals surface area contributed by atoms with E-state index in [2.05, 4.69) is 37.5 Å². The number of nitrogens with one attached hydrogen (secondary N) is 2. The monoisotopic (exact) mass is 261 g/mol. The number of rotatable bonds is 5. The fourth-order valence-electron chi connectivity index (χ4n) is 3.80. The summed E-state index contributed by atoms with van der Waals surface area (Å²) in [6.45, 7) is 9.54. The highest BCUT2D eigenvalue weighted by molar-refractivity contribution is 5.96. The van der Waals surface area contributed by atoms with Crippen molar-refractivity contribution in [3.63, 3.8) is 0 Å². The lowest BCUT2D eigenvalue weighted by Crippen LogP contribution is -2.45. The van der Waals surface area contributed by atoms with Gasteiger partial charge in [0.1, 0.15) is 5.84 Å². The molecule has 2 aliphatic carbocycles. The lowest BCUT2D eigenvalue weighted by atomic mass is 10.0. The molecule has 3 aliphatic rings. The van der Waals surface area contributed by atoms with E-state index in [1.54, 1.807) is 0 Å². The van der Waals surface area contributed by atoms with Crippen LogP contribution in [-0.4, -0.2) is 31.0 Å². The first-order valence-electron chi connectivity index (χ1n) is 7.88. The highest BCUT2D eigenvalue weighted by Crippen LogP contribution is 2.69. The van der Waals surface area contributed by atoms with E-state index in [4.69, 9.17) is 4.99 Å². The molecule has 3 rings (SSSR count). The minimum atomic E-state index is 0.221. The zero-order chi connectivity index (χ0) is 13.5. The summed E-state index contributed by atoms with van der Waals surface area (Å²) in [7, 11) is 0. The van der Waals surface area contributed by atoms with E-state index in [0.29, 0.717) is 5.41 Å². The molecular weight excluding hydrogens is 234 g/mol. The Kier molecular flexibility index (Phi) is 3.20. The number of piperidine rings is 1. The number of allylic oxidation sites excluding steroid dienone is 1. The van der Waals surface area contributed by atoms with E-state index in [0.717, 1.165) is 25.4 Å². The second kappa shape index (κ2) is 4.62. The molecule has 1 saturated heterocycles. The maximum Gasteiger partial charge on any atom is 0.117 e. The molecular formula is C16H27N3. The summed E-state index contributed by atoms with van der Waals surface area (Å²) in [5, 5.41) is 7.33. The first-order chi connectivity index (χ1) is 9.20. The van der Waals surface area contributed by atoms with Gasteiger partial charge in [0.25, 0.3) is 0 Å². The van der Waals surface area contributed by atoms with Crippen LogP contribution >= 0.6 is 0 Å². The first-order valence-corrected chi connectivity index (χ1v) is 7.88. The van der Waals surface area contributed by atoms with Crippen molar-refractivity contribution in [1.82, 2.24) is 10.6 Å². The van der Waals surface area contributed by atoms with Crippen LogP contribution < -0.4 is 10.6 Å². The molecule has 2 saturated carbocycles. The van der Waals surface area contributed by atoms with Gasteiger partial charge in [-0.2, -0.15) is 0 Å². The van der Waals surface area contributed by atoms with Crippen molar-refractivity contribution in [1.29, 1.82) is 0 Å². The van der Waals surface area contributed by atoms with Gasteiger partial charge in [0.05, 0.1) is 12.1 Å². The van der Waals surface area contributed by atoms with Crippen LogP contribution in [0.4, 0.5) is 0 Å². The molecule has 1 aliphatic heterocycles. The van der Waals surface area contributed by atoms with Crippen LogP contribution in [0, 0.1) is 11.3 Å². The molecule has 2 unspecified atom stereocenters. The molecule has 1 spiro atoms. The first kappa shape index (κ1) is 13.2. The van der Waals surface area contributed by atoms with E-state index in [-0.39, 0.29) is 5.54 Å². The summed E-state index contributed by atoms with van der Waals surface area (Å²) >= 11 is 0. The number of amidine groups is 1. The number of aliphatic imine (C=N–C) groups is 1. The van der Waals surface area contributed by atoms with E-state index >= 15 is 0 Å². The maximum atomic E-state index is 4.92. The Hall–Kier alpha value is -0.830. The van der Waals surface area contributed by atoms with Gasteiger partial charge >= 0.3 is 0 Å². The Balaban J connectivity index is 1.73. The van der Waals surface area contributed by atoms with E-state index in [9.17, 15) is 0 Å². The fourth-order valence-corrected chi connectivity index (χ4v) is 3.80. The van der Waals surface area contributed by atoms with Gasteiger partial charge in [-0.3, -0.25) is 4.99 Å². The molecule has 3 fully saturated rings. The molecule has 19 heavy (non-hydrogen) atoms. The summed E-state index contributed by atoms with van der Waals surface area (Å²) in [6.07, 6.45) is 7.48. The SMILES string of the molecule is C/C=C(\CC)CN=C(NCC)C12CC1C1(CC1)CN2. The van der Waals surface area contributed by atoms with Crippen LogP contribution in [0.3, 0.4) is 0 Å². The Bertz CT molecular complexity index is 420. The number of nitrogens with zero attached hydrogens (tertiary/aromatic N) is 1. The summed E-state index contributed by atoms with van der Waals surface area (Å²) in [4.78, 5) is 4.92. The van der Waals surface area contributed by atoms with Gasteiger partial charge in [0, 0.05) is 13.1 Å². The molecule has 0 radical (unpaired) electrons. The van der Waals surface area contributed by atoms with Gasteiger partial charge in [0.15, 0.2) is 0 Å². The van der Waals surface area contributed by atoms with E-state index < -0.39 is 0 Å². The molecule has 0 aromatic heterocycles. The van der Waals surface area contributed by atoms with Gasteiger partial charge in [-0.1, -0.05) is 18.6 Å². The van der Waals surface area contributed by atoms with Crippen molar-refractivity contribution >= 4 is 5.84 Å². The molecule has 2 N–H and O–H groups in total. The van der Waals surface area contributed by atoms with Crippen molar-refractivity contribution in [2.75, 3.05) is 19.6 Å². The molecule has 0 aromatic rings. The summed E-state index contributed by atoms with van der Waals surface area (Å²) < 4.78 is 0. The third-order valence-electron chi connectivity index (χ3n) is 5.42. The Morgan fingerprint density at radius 1 is 1.42 bits per heavy atom. The average molecular weight is 261 g/mol. The Morgan fingerprint density at radius 2 is 2.21 bits per heavy atom. The quantitative estimate of drug-likeness (QED) is 0.453. The smallest absolute Gasteiger partial charge is 0.117 e. The van der Waals surface area contributed by atoms with Crippen LogP contribution in [0.25, 0.3) is 0 Å². The van der Waals surface area contributed by atoms with Gasteiger partial charge in [-0.25, -0.2) is 0 Å². The number of likely N-dealkylation sites (N-methyl/N-ethyl adjacent to an activating group) is 1. The summed E-state index contributed by atoms with van der Waals surface area (Å²) in [5.74, 6) is 2.09. The topological polar surface area (TPSA) is 36.4 Å². The van der Waals surface area contributed by atoms with Crippen LogP contribution in [-0.2, 0) is 0 Å². The van der Waals surface area contributed by atoms with E-state index in [1.807, 2.05) is 0 Å². The molecule has 3 heteroatoms. The standard InChI is InChI=1S/C16H27N3/c1-4-12(5-2)10-18-14(17-6-3)16-9-13(16)15(7-8-15)11-19-16/h4,13,19H,5-11H2,1-3H3,(H,17,18)/b12-4+. The normalized spacial score (nSPS) is 35.4. The lowest BCUT2D eigenvalue weighted by molar-refractivity contribution is 0.486. The minimum Gasteiger partial charge on any atom is -0.373 e. The minimum absolute atomic E-state index is 0.221. The molecule has 0 bridgehead atoms. The fraction of sp³-hybridized carbons (Fsp3) is 0.812. The van der Waals surface area contributed by atoms with Crippen LogP contribution in [0.1, 0.15) is 46.5 Å². The molecule has 3 nitrogen and oxygen atoms in total. The number of fused-ring (bicyclic) bond motifs is 2. The van der Waals surface area contributed by atoms with Crippen molar-refractivity contribution in [2.24, 2.45) is 16.3 Å². The van der Waals surface area contributed by atoms with Crippen molar-refractivity contribution in [3.05, 3.63) is 11.6 Å². The van der Waals surface area contributed by atoms with Crippen molar-refractivity contribution in [2.45, 2.75) is 52.0 Å². The van der Waals surface area contributed by atoms with E-state index in [1.165, 1.54) is 37.2 Å². The number of hydrogen-bond donors (Lipinski definition) is 2. The molecule has 1 heterocycles. The van der Waals surface area contributed by atoms with Crippen LogP contribution in [0.2, 0.25) is 0 Å². The zero-order valence-corrected chi connectivity index (χ0v) is 12.6. The highest BCUT2D eigenvalue weighted by Gasteiger charge is 2.74. The predicted octanol–water partition coefficient (Wildman–Crippen LogP) is 2.49. The van der Waals surface area contributed by atoms with Crippen molar-refractivity contribution in [3.8, 4) is 0 Å². The van der Waals surface area contributed by atoms with Crippen molar-refractivity contribution < 1.29 is 0 Å². The molecule has 106 valence electrons. The molecule has 0 aromatic carbocycles. The second-order valence-corrected chi connectivity index (χ2v) is 6.44. The molecule has 0 amide bonds. The van der Waals surface area contributed by atoms with Gasteiger partial charge in [0.2, 0.25) is 0 Å². The van der Waals surface area contributed by atoms with Gasteiger partial charge in [-0.05, 0) is 50.9 Å². The Morgan fingerprint density at radius 3 is 2.68 bits per heavy atom. The third kappa shape index (κ3) is 2.03. The second-order valence-electron chi connectivity index (χ2n) is 6.44.